The summed E-state index contributed by atoms with van der Waals surface area (Å²) in [5.41, 5.74) is 3.42. The first-order valence-electron chi connectivity index (χ1n) is 5.01. The molecule has 0 atom stereocenters. The Kier molecular flexibility index (Phi) is 3.51. The summed E-state index contributed by atoms with van der Waals surface area (Å²) >= 11 is 3.40. The predicted octanol–water partition coefficient (Wildman–Crippen LogP) is 3.16. The molecule has 0 saturated carbocycles. The summed E-state index contributed by atoms with van der Waals surface area (Å²) in [5.74, 6) is 0. The van der Waals surface area contributed by atoms with Gasteiger partial charge in [-0.05, 0) is 52.2 Å². The maximum Gasteiger partial charge on any atom is 0.129 e. The summed E-state index contributed by atoms with van der Waals surface area (Å²) in [5, 5.41) is 3.32. The summed E-state index contributed by atoms with van der Waals surface area (Å²) in [6.45, 7) is 2.83. The quantitative estimate of drug-likeness (QED) is 0.876. The molecule has 2 rings (SSSR count). The zero-order valence-electron chi connectivity index (χ0n) is 8.94. The van der Waals surface area contributed by atoms with Gasteiger partial charge in [0.25, 0.3) is 0 Å². The van der Waals surface area contributed by atoms with Crippen molar-refractivity contribution < 1.29 is 0 Å². The van der Waals surface area contributed by atoms with Crippen LogP contribution in [0.4, 0.5) is 5.69 Å². The number of halogens is 1. The van der Waals surface area contributed by atoms with Gasteiger partial charge in [0.2, 0.25) is 0 Å². The number of pyridine rings is 2. The van der Waals surface area contributed by atoms with Crippen molar-refractivity contribution in [3.8, 4) is 0 Å². The molecule has 1 N–H and O–H groups in total. The van der Waals surface area contributed by atoms with E-state index in [1.54, 1.807) is 12.4 Å². The van der Waals surface area contributed by atoms with Gasteiger partial charge in [0, 0.05) is 25.1 Å². The Morgan fingerprint density at radius 1 is 1.31 bits per heavy atom. The summed E-state index contributed by atoms with van der Waals surface area (Å²) in [7, 11) is 0. The Hall–Kier alpha value is -1.42. The fraction of sp³-hybridized carbons (Fsp3) is 0.167. The van der Waals surface area contributed by atoms with Gasteiger partial charge in [-0.3, -0.25) is 4.98 Å². The van der Waals surface area contributed by atoms with E-state index in [-0.39, 0.29) is 0 Å². The number of nitrogens with one attached hydrogen (secondary N) is 1. The molecular weight excluding hydrogens is 266 g/mol. The average molecular weight is 278 g/mol. The number of aryl methyl sites for hydroxylation is 1. The Morgan fingerprint density at radius 3 is 2.94 bits per heavy atom. The monoisotopic (exact) mass is 277 g/mol. The van der Waals surface area contributed by atoms with E-state index in [1.165, 1.54) is 11.1 Å². The van der Waals surface area contributed by atoms with Crippen molar-refractivity contribution in [2.24, 2.45) is 0 Å². The first-order valence-corrected chi connectivity index (χ1v) is 5.80. The van der Waals surface area contributed by atoms with Crippen LogP contribution in [0, 0.1) is 6.92 Å². The maximum absolute atomic E-state index is 4.15. The van der Waals surface area contributed by atoms with Crippen LogP contribution in [-0.2, 0) is 6.54 Å². The second-order valence-corrected chi connectivity index (χ2v) is 4.25. The van der Waals surface area contributed by atoms with Crippen LogP contribution in [-0.4, -0.2) is 9.97 Å². The number of nitrogens with zero attached hydrogens (tertiary/aromatic N) is 2. The maximum atomic E-state index is 4.15. The second-order valence-electron chi connectivity index (χ2n) is 3.50. The third-order valence-electron chi connectivity index (χ3n) is 2.38. The van der Waals surface area contributed by atoms with Gasteiger partial charge in [0.05, 0.1) is 5.69 Å². The zero-order valence-corrected chi connectivity index (χ0v) is 10.5. The molecule has 0 radical (unpaired) electrons. The lowest BCUT2D eigenvalue weighted by molar-refractivity contribution is 1.07. The number of aromatic nitrogens is 2. The number of hydrogen-bond acceptors (Lipinski definition) is 3. The van der Waals surface area contributed by atoms with Crippen molar-refractivity contribution in [2.75, 3.05) is 5.32 Å². The van der Waals surface area contributed by atoms with E-state index in [9.17, 15) is 0 Å². The van der Waals surface area contributed by atoms with Crippen molar-refractivity contribution in [1.29, 1.82) is 0 Å². The standard InChI is InChI=1S/C12H12BrN3/c1-9-4-6-14-7-10(9)8-16-11-3-2-5-15-12(11)13/h2-7,16H,8H2,1H3. The minimum absolute atomic E-state index is 0.754. The third-order valence-corrected chi connectivity index (χ3v) is 3.01. The van der Waals surface area contributed by atoms with Crippen LogP contribution in [0.3, 0.4) is 0 Å². The molecule has 16 heavy (non-hydrogen) atoms. The van der Waals surface area contributed by atoms with E-state index in [1.807, 2.05) is 24.4 Å². The van der Waals surface area contributed by atoms with Crippen molar-refractivity contribution in [3.63, 3.8) is 0 Å². The molecule has 0 amide bonds. The lowest BCUT2D eigenvalue weighted by Crippen LogP contribution is -2.02. The lowest BCUT2D eigenvalue weighted by atomic mass is 10.1. The number of hydrogen-bond donors (Lipinski definition) is 1. The molecule has 4 heteroatoms. The lowest BCUT2D eigenvalue weighted by Gasteiger charge is -2.09. The molecule has 0 spiro atoms. The van der Waals surface area contributed by atoms with E-state index < -0.39 is 0 Å². The smallest absolute Gasteiger partial charge is 0.129 e. The molecule has 0 aliphatic rings. The Bertz CT molecular complexity index is 440. The van der Waals surface area contributed by atoms with Gasteiger partial charge < -0.3 is 5.32 Å². The largest absolute Gasteiger partial charge is 0.379 e. The molecule has 0 fully saturated rings. The van der Waals surface area contributed by atoms with Crippen LogP contribution in [0.15, 0.2) is 41.4 Å². The van der Waals surface area contributed by atoms with Gasteiger partial charge in [0.1, 0.15) is 4.60 Å². The highest BCUT2D eigenvalue weighted by atomic mass is 79.9. The molecule has 0 unspecified atom stereocenters. The van der Waals surface area contributed by atoms with E-state index >= 15 is 0 Å². The highest BCUT2D eigenvalue weighted by Gasteiger charge is 2.01. The van der Waals surface area contributed by atoms with Crippen molar-refractivity contribution in [3.05, 3.63) is 52.5 Å². The highest BCUT2D eigenvalue weighted by molar-refractivity contribution is 9.10. The van der Waals surface area contributed by atoms with Gasteiger partial charge in [0.15, 0.2) is 0 Å². The molecule has 82 valence electrons. The Morgan fingerprint density at radius 2 is 2.19 bits per heavy atom. The molecule has 0 aliphatic carbocycles. The van der Waals surface area contributed by atoms with Crippen LogP contribution >= 0.6 is 15.9 Å². The molecule has 0 aliphatic heterocycles. The van der Waals surface area contributed by atoms with Crippen molar-refractivity contribution in [1.82, 2.24) is 9.97 Å². The second kappa shape index (κ2) is 5.07. The minimum atomic E-state index is 0.754. The molecule has 3 nitrogen and oxygen atoms in total. The molecule has 2 aromatic heterocycles. The third kappa shape index (κ3) is 2.58. The minimum Gasteiger partial charge on any atom is -0.379 e. The van der Waals surface area contributed by atoms with Crippen LogP contribution in [0.25, 0.3) is 0 Å². The molecule has 2 aromatic rings. The Balaban J connectivity index is 2.09. The zero-order chi connectivity index (χ0) is 11.4. The molecule has 0 aromatic carbocycles. The fourth-order valence-corrected chi connectivity index (χ4v) is 1.78. The van der Waals surface area contributed by atoms with Crippen molar-refractivity contribution in [2.45, 2.75) is 13.5 Å². The normalized spacial score (nSPS) is 10.1. The van der Waals surface area contributed by atoms with Crippen LogP contribution in [0.1, 0.15) is 11.1 Å². The van der Waals surface area contributed by atoms with Gasteiger partial charge in [-0.15, -0.1) is 0 Å². The summed E-state index contributed by atoms with van der Waals surface area (Å²) in [6.07, 6.45) is 5.44. The predicted molar refractivity (Wildman–Crippen MR) is 68.2 cm³/mol. The van der Waals surface area contributed by atoms with Crippen LogP contribution in [0.2, 0.25) is 0 Å². The number of anilines is 1. The topological polar surface area (TPSA) is 37.8 Å². The van der Waals surface area contributed by atoms with Gasteiger partial charge in [-0.25, -0.2) is 4.98 Å². The first kappa shape index (κ1) is 11.1. The van der Waals surface area contributed by atoms with E-state index in [4.69, 9.17) is 0 Å². The van der Waals surface area contributed by atoms with Crippen LogP contribution in [0.5, 0.6) is 0 Å². The van der Waals surface area contributed by atoms with Gasteiger partial charge in [-0.1, -0.05) is 0 Å². The molecular formula is C12H12BrN3. The van der Waals surface area contributed by atoms with E-state index in [0.717, 1.165) is 16.8 Å². The number of rotatable bonds is 3. The molecule has 0 saturated heterocycles. The summed E-state index contributed by atoms with van der Waals surface area (Å²) < 4.78 is 0.830. The Labute approximate surface area is 103 Å². The summed E-state index contributed by atoms with van der Waals surface area (Å²) in [4.78, 5) is 8.27. The highest BCUT2D eigenvalue weighted by Crippen LogP contribution is 2.19. The average Bonchev–Trinajstić information content (AvgIpc) is 2.30. The first-order chi connectivity index (χ1) is 7.77. The van der Waals surface area contributed by atoms with E-state index in [0.29, 0.717) is 0 Å². The molecule has 0 bridgehead atoms. The van der Waals surface area contributed by atoms with E-state index in [2.05, 4.69) is 38.1 Å². The van der Waals surface area contributed by atoms with Crippen molar-refractivity contribution >= 4 is 21.6 Å². The summed E-state index contributed by atoms with van der Waals surface area (Å²) in [6, 6.07) is 5.90. The molecule has 2 heterocycles. The fourth-order valence-electron chi connectivity index (χ4n) is 1.39. The SMILES string of the molecule is Cc1ccncc1CNc1cccnc1Br. The van der Waals surface area contributed by atoms with Gasteiger partial charge in [-0.2, -0.15) is 0 Å². The van der Waals surface area contributed by atoms with Crippen LogP contribution < -0.4 is 5.32 Å². The van der Waals surface area contributed by atoms with Gasteiger partial charge >= 0.3 is 0 Å².